The fraction of sp³-hybridized carbons (Fsp3) is 0.407. The summed E-state index contributed by atoms with van der Waals surface area (Å²) in [6.07, 6.45) is 3.55. The number of aliphatic hydroxyl groups excluding tert-OH is 1. The first-order valence-corrected chi connectivity index (χ1v) is 11.7. The second kappa shape index (κ2) is 9.41. The van der Waals surface area contributed by atoms with E-state index in [0.717, 1.165) is 31.2 Å². The molecule has 2 aliphatic rings. The van der Waals surface area contributed by atoms with Gasteiger partial charge in [0.15, 0.2) is 11.5 Å². The average molecular weight is 466 g/mol. The van der Waals surface area contributed by atoms with Crippen LogP contribution in [0.2, 0.25) is 0 Å². The number of carbonyl (C=O) groups is 2. The van der Waals surface area contributed by atoms with E-state index in [1.54, 1.807) is 35.2 Å². The summed E-state index contributed by atoms with van der Waals surface area (Å²) in [7, 11) is 1.45. The number of amides is 1. The standard InChI is InChI=1S/C27H31NO6/c1-15(2)34-21-11-10-18(13-16(21)3)25(30)23-24(17-9-12-22(33-4)20(29)14-17)28(27(32)26(23)31)19-7-5-6-8-19/h9-15,19,24,29-30H,5-8H2,1-4H3/b25-23-. The zero-order chi connectivity index (χ0) is 24.6. The summed E-state index contributed by atoms with van der Waals surface area (Å²) in [6, 6.07) is 9.11. The zero-order valence-corrected chi connectivity index (χ0v) is 20.0. The lowest BCUT2D eigenvalue weighted by atomic mass is 9.94. The van der Waals surface area contributed by atoms with Gasteiger partial charge < -0.3 is 24.6 Å². The third kappa shape index (κ3) is 4.22. The molecule has 0 bridgehead atoms. The van der Waals surface area contributed by atoms with Crippen LogP contribution in [0.4, 0.5) is 0 Å². The first-order chi connectivity index (χ1) is 16.2. The van der Waals surface area contributed by atoms with Gasteiger partial charge in [0.1, 0.15) is 11.5 Å². The Labute approximate surface area is 199 Å². The number of rotatable bonds is 6. The summed E-state index contributed by atoms with van der Waals surface area (Å²) >= 11 is 0. The van der Waals surface area contributed by atoms with Gasteiger partial charge in [0.25, 0.3) is 11.7 Å². The van der Waals surface area contributed by atoms with E-state index in [1.807, 2.05) is 20.8 Å². The van der Waals surface area contributed by atoms with Gasteiger partial charge in [-0.2, -0.15) is 0 Å². The van der Waals surface area contributed by atoms with Gasteiger partial charge in [0, 0.05) is 11.6 Å². The van der Waals surface area contributed by atoms with Gasteiger partial charge in [0.2, 0.25) is 0 Å². The second-order valence-electron chi connectivity index (χ2n) is 9.22. The summed E-state index contributed by atoms with van der Waals surface area (Å²) in [5.74, 6) is -0.691. The van der Waals surface area contributed by atoms with Gasteiger partial charge in [0.05, 0.1) is 24.8 Å². The number of aryl methyl sites for hydroxylation is 1. The molecule has 0 spiro atoms. The van der Waals surface area contributed by atoms with Crippen LogP contribution >= 0.6 is 0 Å². The third-order valence-corrected chi connectivity index (χ3v) is 6.53. The van der Waals surface area contributed by atoms with E-state index < -0.39 is 17.7 Å². The molecular formula is C27H31NO6. The highest BCUT2D eigenvalue weighted by molar-refractivity contribution is 6.46. The van der Waals surface area contributed by atoms with E-state index in [9.17, 15) is 19.8 Å². The largest absolute Gasteiger partial charge is 0.507 e. The fourth-order valence-corrected chi connectivity index (χ4v) is 4.95. The Kier molecular flexibility index (Phi) is 6.55. The highest BCUT2D eigenvalue weighted by atomic mass is 16.5. The molecule has 2 fully saturated rings. The first-order valence-electron chi connectivity index (χ1n) is 11.7. The molecule has 1 atom stereocenters. The molecule has 2 N–H and O–H groups in total. The van der Waals surface area contributed by atoms with Crippen molar-refractivity contribution in [1.82, 2.24) is 4.90 Å². The number of aliphatic hydroxyl groups is 1. The molecule has 0 radical (unpaired) electrons. The number of likely N-dealkylation sites (tertiary alicyclic amines) is 1. The monoisotopic (exact) mass is 465 g/mol. The fourth-order valence-electron chi connectivity index (χ4n) is 4.95. The van der Waals surface area contributed by atoms with Gasteiger partial charge >= 0.3 is 0 Å². The summed E-state index contributed by atoms with van der Waals surface area (Å²) in [6.45, 7) is 5.73. The molecule has 2 aromatic carbocycles. The lowest BCUT2D eigenvalue weighted by molar-refractivity contribution is -0.141. The first kappa shape index (κ1) is 23.7. The van der Waals surface area contributed by atoms with Crippen molar-refractivity contribution in [3.8, 4) is 17.2 Å². The number of aromatic hydroxyl groups is 1. The van der Waals surface area contributed by atoms with Gasteiger partial charge in [-0.3, -0.25) is 9.59 Å². The van der Waals surface area contributed by atoms with E-state index >= 15 is 0 Å². The number of hydrogen-bond donors (Lipinski definition) is 2. The Hall–Kier alpha value is -3.48. The van der Waals surface area contributed by atoms with Gasteiger partial charge in [-0.25, -0.2) is 0 Å². The van der Waals surface area contributed by atoms with Crippen LogP contribution in [-0.4, -0.2) is 46.1 Å². The highest BCUT2D eigenvalue weighted by Crippen LogP contribution is 2.45. The van der Waals surface area contributed by atoms with Crippen LogP contribution in [0.1, 0.15) is 62.3 Å². The van der Waals surface area contributed by atoms with E-state index in [0.29, 0.717) is 16.9 Å². The van der Waals surface area contributed by atoms with Crippen molar-refractivity contribution in [2.45, 2.75) is 64.6 Å². The van der Waals surface area contributed by atoms with Crippen LogP contribution < -0.4 is 9.47 Å². The lowest BCUT2D eigenvalue weighted by Gasteiger charge is -2.31. The molecule has 1 saturated carbocycles. The third-order valence-electron chi connectivity index (χ3n) is 6.53. The number of methoxy groups -OCH3 is 1. The summed E-state index contributed by atoms with van der Waals surface area (Å²) < 4.78 is 10.9. The van der Waals surface area contributed by atoms with Crippen LogP contribution in [0.3, 0.4) is 0 Å². The molecule has 4 rings (SSSR count). The number of hydrogen-bond acceptors (Lipinski definition) is 6. The number of ether oxygens (including phenoxy) is 2. The maximum Gasteiger partial charge on any atom is 0.295 e. The van der Waals surface area contributed by atoms with Gasteiger partial charge in [-0.05, 0) is 75.1 Å². The second-order valence-corrected chi connectivity index (χ2v) is 9.22. The van der Waals surface area contributed by atoms with Crippen molar-refractivity contribution in [3.63, 3.8) is 0 Å². The van der Waals surface area contributed by atoms with E-state index in [4.69, 9.17) is 9.47 Å². The number of carbonyl (C=O) groups excluding carboxylic acids is 2. The average Bonchev–Trinajstić information content (AvgIpc) is 3.41. The molecular weight excluding hydrogens is 434 g/mol. The number of benzene rings is 2. The maximum atomic E-state index is 13.3. The Morgan fingerprint density at radius 3 is 2.32 bits per heavy atom. The topological polar surface area (TPSA) is 96.3 Å². The normalized spacial score (nSPS) is 20.4. The highest BCUT2D eigenvalue weighted by Gasteiger charge is 2.49. The van der Waals surface area contributed by atoms with Crippen LogP contribution in [0.15, 0.2) is 42.0 Å². The van der Waals surface area contributed by atoms with Crippen LogP contribution in [0.5, 0.6) is 17.2 Å². The number of phenolic OH excluding ortho intramolecular Hbond substituents is 1. The van der Waals surface area contributed by atoms with E-state index in [2.05, 4.69) is 0 Å². The van der Waals surface area contributed by atoms with Gasteiger partial charge in [-0.1, -0.05) is 18.9 Å². The molecule has 1 unspecified atom stereocenters. The van der Waals surface area contributed by atoms with Crippen LogP contribution in [-0.2, 0) is 9.59 Å². The Morgan fingerprint density at radius 1 is 1.06 bits per heavy atom. The minimum absolute atomic E-state index is 0.00219. The quantitative estimate of drug-likeness (QED) is 0.359. The number of phenols is 1. The molecule has 1 saturated heterocycles. The van der Waals surface area contributed by atoms with Crippen molar-refractivity contribution in [2.24, 2.45) is 0 Å². The summed E-state index contributed by atoms with van der Waals surface area (Å²) in [5, 5.41) is 21.7. The molecule has 1 amide bonds. The smallest absolute Gasteiger partial charge is 0.295 e. The predicted octanol–water partition coefficient (Wildman–Crippen LogP) is 4.86. The lowest BCUT2D eigenvalue weighted by Crippen LogP contribution is -2.37. The minimum Gasteiger partial charge on any atom is -0.507 e. The summed E-state index contributed by atoms with van der Waals surface area (Å²) in [4.78, 5) is 28.0. The summed E-state index contributed by atoms with van der Waals surface area (Å²) in [5.41, 5.74) is 1.81. The van der Waals surface area contributed by atoms with Crippen molar-refractivity contribution in [1.29, 1.82) is 0 Å². The van der Waals surface area contributed by atoms with Crippen molar-refractivity contribution in [2.75, 3.05) is 7.11 Å². The molecule has 1 aliphatic heterocycles. The molecule has 180 valence electrons. The molecule has 7 heteroatoms. The zero-order valence-electron chi connectivity index (χ0n) is 20.0. The van der Waals surface area contributed by atoms with E-state index in [-0.39, 0.29) is 35.0 Å². The van der Waals surface area contributed by atoms with E-state index in [1.165, 1.54) is 13.2 Å². The van der Waals surface area contributed by atoms with Gasteiger partial charge in [-0.15, -0.1) is 0 Å². The Morgan fingerprint density at radius 2 is 1.74 bits per heavy atom. The molecule has 1 heterocycles. The number of ketones is 1. The molecule has 7 nitrogen and oxygen atoms in total. The molecule has 1 aliphatic carbocycles. The van der Waals surface area contributed by atoms with Crippen LogP contribution in [0.25, 0.3) is 5.76 Å². The predicted molar refractivity (Wildman–Crippen MR) is 128 cm³/mol. The Bertz CT molecular complexity index is 1150. The van der Waals surface area contributed by atoms with Crippen molar-refractivity contribution >= 4 is 17.4 Å². The number of Topliss-reactive ketones (excluding diaryl/α,β-unsaturated/α-hetero) is 1. The minimum atomic E-state index is -0.799. The maximum absolute atomic E-state index is 13.3. The van der Waals surface area contributed by atoms with Crippen molar-refractivity contribution < 1.29 is 29.3 Å². The molecule has 0 aromatic heterocycles. The number of nitrogens with zero attached hydrogens (tertiary/aromatic N) is 1. The molecule has 34 heavy (non-hydrogen) atoms. The van der Waals surface area contributed by atoms with Crippen LogP contribution in [0, 0.1) is 6.92 Å². The molecule has 2 aromatic rings. The van der Waals surface area contributed by atoms with Crippen molar-refractivity contribution in [3.05, 3.63) is 58.7 Å². The SMILES string of the molecule is COc1ccc(C2/C(=C(/O)c3ccc(OC(C)C)c(C)c3)C(=O)C(=O)N2C2CCCC2)cc1O. The Balaban J connectivity index is 1.85.